The Hall–Kier alpha value is -1.94. The summed E-state index contributed by atoms with van der Waals surface area (Å²) in [4.78, 5) is 19.7. The molecule has 2 aromatic rings. The van der Waals surface area contributed by atoms with Gasteiger partial charge in [0, 0.05) is 25.1 Å². The van der Waals surface area contributed by atoms with Crippen LogP contribution in [0.3, 0.4) is 0 Å². The third-order valence-corrected chi connectivity index (χ3v) is 3.97. The number of fused-ring (bicyclic) bond motifs is 1. The number of nitrogens with one attached hydrogen (secondary N) is 2. The maximum atomic E-state index is 12.1. The van der Waals surface area contributed by atoms with Crippen LogP contribution >= 0.6 is 0 Å². The molecule has 1 aromatic heterocycles. The number of hydrogen-bond acceptors (Lipinski definition) is 3. The molecule has 0 unspecified atom stereocenters. The van der Waals surface area contributed by atoms with Crippen LogP contribution in [0.25, 0.3) is 11.4 Å². The fraction of sp³-hybridized carbons (Fsp3) is 0.412. The number of aromatic amines is 1. The zero-order valence-corrected chi connectivity index (χ0v) is 12.8. The van der Waals surface area contributed by atoms with E-state index in [1.54, 1.807) is 0 Å². The summed E-state index contributed by atoms with van der Waals surface area (Å²) >= 11 is 0. The zero-order chi connectivity index (χ0) is 15.0. The molecule has 110 valence electrons. The summed E-state index contributed by atoms with van der Waals surface area (Å²) in [5.74, 6) is 0.668. The minimum Gasteiger partial charge on any atom is -0.312 e. The van der Waals surface area contributed by atoms with E-state index in [2.05, 4.69) is 48.2 Å². The number of hydrogen-bond donors (Lipinski definition) is 2. The van der Waals surface area contributed by atoms with Crippen molar-refractivity contribution in [3.8, 4) is 11.4 Å². The number of H-pyrrole nitrogens is 1. The van der Waals surface area contributed by atoms with E-state index in [0.717, 1.165) is 29.8 Å². The lowest BCUT2D eigenvalue weighted by Gasteiger charge is -2.19. The van der Waals surface area contributed by atoms with Gasteiger partial charge in [-0.2, -0.15) is 0 Å². The van der Waals surface area contributed by atoms with Crippen molar-refractivity contribution in [1.82, 2.24) is 15.3 Å². The maximum Gasteiger partial charge on any atom is 0.255 e. The molecule has 21 heavy (non-hydrogen) atoms. The summed E-state index contributed by atoms with van der Waals surface area (Å²) in [6.45, 7) is 8.06. The first-order valence-corrected chi connectivity index (χ1v) is 7.39. The molecule has 3 rings (SSSR count). The average molecular weight is 283 g/mol. The van der Waals surface area contributed by atoms with Gasteiger partial charge in [0.2, 0.25) is 0 Å². The van der Waals surface area contributed by atoms with Crippen molar-refractivity contribution in [2.75, 3.05) is 6.54 Å². The summed E-state index contributed by atoms with van der Waals surface area (Å²) in [6.07, 6.45) is 0.812. The predicted molar refractivity (Wildman–Crippen MR) is 84.4 cm³/mol. The molecule has 0 amide bonds. The molecule has 0 bridgehead atoms. The number of rotatable bonds is 1. The monoisotopic (exact) mass is 283 g/mol. The highest BCUT2D eigenvalue weighted by Gasteiger charge is 2.17. The lowest BCUT2D eigenvalue weighted by atomic mass is 9.86. The van der Waals surface area contributed by atoms with Crippen LogP contribution in [0.2, 0.25) is 0 Å². The van der Waals surface area contributed by atoms with Crippen molar-refractivity contribution < 1.29 is 0 Å². The van der Waals surface area contributed by atoms with Crippen molar-refractivity contribution >= 4 is 0 Å². The van der Waals surface area contributed by atoms with Gasteiger partial charge in [0.15, 0.2) is 0 Å². The van der Waals surface area contributed by atoms with Gasteiger partial charge in [0.1, 0.15) is 5.82 Å². The SMILES string of the molecule is CC(C)(C)c1ccc(-c2nc3c(c(=O)[nH]2)CNCC3)cc1. The molecule has 0 radical (unpaired) electrons. The van der Waals surface area contributed by atoms with E-state index in [4.69, 9.17) is 0 Å². The van der Waals surface area contributed by atoms with E-state index in [9.17, 15) is 4.79 Å². The Morgan fingerprint density at radius 1 is 1.14 bits per heavy atom. The van der Waals surface area contributed by atoms with Crippen LogP contribution in [0, 0.1) is 0 Å². The van der Waals surface area contributed by atoms with Gasteiger partial charge in [-0.1, -0.05) is 45.0 Å². The third-order valence-electron chi connectivity index (χ3n) is 3.97. The van der Waals surface area contributed by atoms with Crippen molar-refractivity contribution in [2.24, 2.45) is 0 Å². The van der Waals surface area contributed by atoms with Crippen molar-refractivity contribution in [3.63, 3.8) is 0 Å². The Balaban J connectivity index is 2.01. The van der Waals surface area contributed by atoms with Gasteiger partial charge in [-0.25, -0.2) is 4.98 Å². The lowest BCUT2D eigenvalue weighted by Crippen LogP contribution is -2.31. The first-order valence-electron chi connectivity index (χ1n) is 7.39. The van der Waals surface area contributed by atoms with E-state index in [1.165, 1.54) is 5.56 Å². The molecule has 0 atom stereocenters. The van der Waals surface area contributed by atoms with Gasteiger partial charge in [-0.05, 0) is 11.0 Å². The van der Waals surface area contributed by atoms with Crippen LogP contribution in [0.5, 0.6) is 0 Å². The standard InChI is InChI=1S/C17H21N3O/c1-17(2,3)12-6-4-11(5-7-12)15-19-14-8-9-18-10-13(14)16(21)20-15/h4-7,18H,8-10H2,1-3H3,(H,19,20,21). The highest BCUT2D eigenvalue weighted by atomic mass is 16.1. The van der Waals surface area contributed by atoms with Gasteiger partial charge in [-0.15, -0.1) is 0 Å². The largest absolute Gasteiger partial charge is 0.312 e. The Morgan fingerprint density at radius 2 is 1.86 bits per heavy atom. The molecule has 2 heterocycles. The minimum absolute atomic E-state index is 0.0258. The quantitative estimate of drug-likeness (QED) is 0.845. The summed E-state index contributed by atoms with van der Waals surface area (Å²) in [5, 5.41) is 3.21. The first-order chi connectivity index (χ1) is 9.95. The van der Waals surface area contributed by atoms with Crippen LogP contribution in [0.15, 0.2) is 29.1 Å². The molecule has 1 aliphatic heterocycles. The summed E-state index contributed by atoms with van der Waals surface area (Å²) in [7, 11) is 0. The third kappa shape index (κ3) is 2.76. The Kier molecular flexibility index (Phi) is 3.41. The lowest BCUT2D eigenvalue weighted by molar-refractivity contribution is 0.590. The number of aromatic nitrogens is 2. The van der Waals surface area contributed by atoms with Crippen LogP contribution in [-0.2, 0) is 18.4 Å². The normalized spacial score (nSPS) is 14.8. The fourth-order valence-electron chi connectivity index (χ4n) is 2.62. The van der Waals surface area contributed by atoms with Gasteiger partial charge in [0.05, 0.1) is 11.3 Å². The van der Waals surface area contributed by atoms with Crippen molar-refractivity contribution in [2.45, 2.75) is 39.2 Å². The van der Waals surface area contributed by atoms with E-state index >= 15 is 0 Å². The number of benzene rings is 1. The average Bonchev–Trinajstić information content (AvgIpc) is 2.46. The first kappa shape index (κ1) is 14.0. The number of nitrogens with zero attached hydrogens (tertiary/aromatic N) is 1. The Morgan fingerprint density at radius 3 is 2.52 bits per heavy atom. The van der Waals surface area contributed by atoms with Gasteiger partial charge in [-0.3, -0.25) is 4.79 Å². The molecular weight excluding hydrogens is 262 g/mol. The smallest absolute Gasteiger partial charge is 0.255 e. The summed E-state index contributed by atoms with van der Waals surface area (Å²) < 4.78 is 0. The van der Waals surface area contributed by atoms with E-state index < -0.39 is 0 Å². The van der Waals surface area contributed by atoms with Crippen molar-refractivity contribution in [1.29, 1.82) is 0 Å². The molecule has 0 saturated carbocycles. The molecule has 0 spiro atoms. The summed E-state index contributed by atoms with van der Waals surface area (Å²) in [6, 6.07) is 8.28. The second kappa shape index (κ2) is 5.11. The van der Waals surface area contributed by atoms with E-state index in [1.807, 2.05) is 12.1 Å². The van der Waals surface area contributed by atoms with E-state index in [0.29, 0.717) is 12.4 Å². The Bertz CT molecular complexity index is 708. The van der Waals surface area contributed by atoms with Crippen LogP contribution < -0.4 is 10.9 Å². The molecule has 2 N–H and O–H groups in total. The molecule has 0 aliphatic carbocycles. The molecule has 1 aliphatic rings. The second-order valence-electron chi connectivity index (χ2n) is 6.59. The molecule has 0 saturated heterocycles. The van der Waals surface area contributed by atoms with Crippen LogP contribution in [-0.4, -0.2) is 16.5 Å². The van der Waals surface area contributed by atoms with Crippen LogP contribution in [0.4, 0.5) is 0 Å². The predicted octanol–water partition coefficient (Wildman–Crippen LogP) is 2.38. The van der Waals surface area contributed by atoms with Gasteiger partial charge < -0.3 is 10.3 Å². The highest BCUT2D eigenvalue weighted by molar-refractivity contribution is 5.56. The maximum absolute atomic E-state index is 12.1. The molecule has 4 heteroatoms. The molecule has 0 fully saturated rings. The second-order valence-corrected chi connectivity index (χ2v) is 6.59. The van der Waals surface area contributed by atoms with E-state index in [-0.39, 0.29) is 11.0 Å². The topological polar surface area (TPSA) is 57.8 Å². The fourth-order valence-corrected chi connectivity index (χ4v) is 2.62. The van der Waals surface area contributed by atoms with Crippen molar-refractivity contribution in [3.05, 3.63) is 51.4 Å². The van der Waals surface area contributed by atoms with Gasteiger partial charge >= 0.3 is 0 Å². The molecular formula is C17H21N3O. The minimum atomic E-state index is -0.0258. The molecule has 4 nitrogen and oxygen atoms in total. The Labute approximate surface area is 124 Å². The zero-order valence-electron chi connectivity index (χ0n) is 12.8. The van der Waals surface area contributed by atoms with Crippen LogP contribution in [0.1, 0.15) is 37.6 Å². The van der Waals surface area contributed by atoms with Gasteiger partial charge in [0.25, 0.3) is 5.56 Å². The summed E-state index contributed by atoms with van der Waals surface area (Å²) in [5.41, 5.74) is 4.03. The molecule has 1 aromatic carbocycles. The highest BCUT2D eigenvalue weighted by Crippen LogP contribution is 2.24.